The maximum absolute atomic E-state index is 14.5. The van der Waals surface area contributed by atoms with E-state index in [2.05, 4.69) is 0 Å². The third-order valence-electron chi connectivity index (χ3n) is 4.41. The number of benzene rings is 2. The Balaban J connectivity index is 2.17. The van der Waals surface area contributed by atoms with Crippen LogP contribution in [0.25, 0.3) is 0 Å². The number of anilines is 1. The molecule has 3 rings (SSSR count). The van der Waals surface area contributed by atoms with Gasteiger partial charge in [0.15, 0.2) is 11.5 Å². The van der Waals surface area contributed by atoms with Crippen LogP contribution in [0.2, 0.25) is 0 Å². The monoisotopic (exact) mass is 371 g/mol. The minimum atomic E-state index is -1.12. The molecule has 1 unspecified atom stereocenters. The van der Waals surface area contributed by atoms with Crippen LogP contribution in [0.5, 0.6) is 0 Å². The number of hydrogen-bond acceptors (Lipinski definition) is 3. The first kappa shape index (κ1) is 18.8. The van der Waals surface area contributed by atoms with Crippen LogP contribution in [0.4, 0.5) is 14.5 Å². The largest absolute Gasteiger partial charge is 0.503 e. The molecule has 0 aliphatic carbocycles. The number of amides is 1. The van der Waals surface area contributed by atoms with E-state index in [9.17, 15) is 23.5 Å². The lowest BCUT2D eigenvalue weighted by atomic mass is 9.91. The van der Waals surface area contributed by atoms with Crippen molar-refractivity contribution >= 4 is 17.4 Å². The fraction of sp³-hybridized carbons (Fsp3) is 0.238. The number of Topliss-reactive ketones (excluding diaryl/α,β-unsaturated/α-hetero) is 1. The van der Waals surface area contributed by atoms with Crippen LogP contribution in [0.15, 0.2) is 59.9 Å². The van der Waals surface area contributed by atoms with Crippen LogP contribution in [-0.4, -0.2) is 16.8 Å². The Morgan fingerprint density at radius 1 is 1.11 bits per heavy atom. The van der Waals surface area contributed by atoms with Crippen LogP contribution >= 0.6 is 0 Å². The van der Waals surface area contributed by atoms with Crippen LogP contribution in [-0.2, 0) is 9.59 Å². The van der Waals surface area contributed by atoms with Crippen molar-refractivity contribution in [3.05, 3.63) is 77.1 Å². The summed E-state index contributed by atoms with van der Waals surface area (Å²) in [4.78, 5) is 26.6. The lowest BCUT2D eigenvalue weighted by Gasteiger charge is -2.27. The third-order valence-corrected chi connectivity index (χ3v) is 4.41. The topological polar surface area (TPSA) is 57.6 Å². The van der Waals surface area contributed by atoms with Gasteiger partial charge >= 0.3 is 0 Å². The van der Waals surface area contributed by atoms with E-state index in [1.165, 1.54) is 30.3 Å². The highest BCUT2D eigenvalue weighted by atomic mass is 19.1. The zero-order chi connectivity index (χ0) is 19.7. The first-order chi connectivity index (χ1) is 12.8. The minimum Gasteiger partial charge on any atom is -0.503 e. The first-order valence-corrected chi connectivity index (χ1v) is 8.61. The predicted molar refractivity (Wildman–Crippen MR) is 97.1 cm³/mol. The van der Waals surface area contributed by atoms with Crippen LogP contribution in [0, 0.1) is 17.6 Å². The van der Waals surface area contributed by atoms with Crippen molar-refractivity contribution < 1.29 is 23.5 Å². The molecule has 140 valence electrons. The fourth-order valence-electron chi connectivity index (χ4n) is 3.23. The van der Waals surface area contributed by atoms with Crippen molar-refractivity contribution in [3.63, 3.8) is 0 Å². The van der Waals surface area contributed by atoms with E-state index >= 15 is 0 Å². The van der Waals surface area contributed by atoms with Gasteiger partial charge in [0.25, 0.3) is 5.91 Å². The Kier molecular flexibility index (Phi) is 5.08. The van der Waals surface area contributed by atoms with E-state index in [1.807, 2.05) is 13.8 Å². The predicted octanol–water partition coefficient (Wildman–Crippen LogP) is 4.48. The molecule has 6 heteroatoms. The maximum Gasteiger partial charge on any atom is 0.294 e. The molecule has 27 heavy (non-hydrogen) atoms. The summed E-state index contributed by atoms with van der Waals surface area (Å²) in [6, 6.07) is 9.68. The molecule has 1 amide bonds. The van der Waals surface area contributed by atoms with Gasteiger partial charge in [-0.3, -0.25) is 14.5 Å². The Morgan fingerprint density at radius 3 is 2.33 bits per heavy atom. The van der Waals surface area contributed by atoms with Crippen molar-refractivity contribution in [2.24, 2.45) is 5.92 Å². The molecule has 1 aliphatic heterocycles. The zero-order valence-electron chi connectivity index (χ0n) is 14.9. The quantitative estimate of drug-likeness (QED) is 0.843. The number of halogens is 2. The van der Waals surface area contributed by atoms with Gasteiger partial charge in [-0.2, -0.15) is 0 Å². The number of nitrogens with zero attached hydrogens (tertiary/aromatic N) is 1. The van der Waals surface area contributed by atoms with E-state index < -0.39 is 35.1 Å². The Bertz CT molecular complexity index is 919. The van der Waals surface area contributed by atoms with Gasteiger partial charge in [-0.15, -0.1) is 0 Å². The summed E-state index contributed by atoms with van der Waals surface area (Å²) < 4.78 is 27.8. The van der Waals surface area contributed by atoms with Gasteiger partial charge in [0.05, 0.1) is 11.6 Å². The van der Waals surface area contributed by atoms with Crippen LogP contribution in [0.3, 0.4) is 0 Å². The second-order valence-electron chi connectivity index (χ2n) is 6.86. The van der Waals surface area contributed by atoms with E-state index in [0.29, 0.717) is 0 Å². The summed E-state index contributed by atoms with van der Waals surface area (Å²) in [6.45, 7) is 3.67. The molecule has 0 saturated carbocycles. The lowest BCUT2D eigenvalue weighted by molar-refractivity contribution is -0.118. The van der Waals surface area contributed by atoms with E-state index in [4.69, 9.17) is 0 Å². The van der Waals surface area contributed by atoms with Gasteiger partial charge < -0.3 is 5.11 Å². The first-order valence-electron chi connectivity index (χ1n) is 8.61. The summed E-state index contributed by atoms with van der Waals surface area (Å²) >= 11 is 0. The highest BCUT2D eigenvalue weighted by Crippen LogP contribution is 2.42. The summed E-state index contributed by atoms with van der Waals surface area (Å²) in [7, 11) is 0. The minimum absolute atomic E-state index is 0.00552. The molecule has 0 fully saturated rings. The lowest BCUT2D eigenvalue weighted by Crippen LogP contribution is -2.31. The number of carbonyl (C=O) groups excluding carboxylic acids is 2. The standard InChI is InChI=1S/C21H19F2NO3/c1-12(2)11-17(25)18-19(15-5-3-4-6-16(15)23)24(21(27)20(18)26)14-9-7-13(22)8-10-14/h3-10,12,19,26H,11H2,1-2H3. The molecule has 0 saturated heterocycles. The summed E-state index contributed by atoms with van der Waals surface area (Å²) in [6.07, 6.45) is 0.106. The highest BCUT2D eigenvalue weighted by molar-refractivity contribution is 6.16. The average Bonchev–Trinajstić information content (AvgIpc) is 2.87. The second kappa shape index (κ2) is 7.31. The maximum atomic E-state index is 14.5. The van der Waals surface area contributed by atoms with Gasteiger partial charge in [-0.05, 0) is 36.2 Å². The summed E-state index contributed by atoms with van der Waals surface area (Å²) in [5, 5.41) is 10.4. The molecular formula is C21H19F2NO3. The number of hydrogen-bond donors (Lipinski definition) is 1. The summed E-state index contributed by atoms with van der Waals surface area (Å²) in [5.74, 6) is -3.05. The van der Waals surface area contributed by atoms with Crippen molar-refractivity contribution in [1.82, 2.24) is 0 Å². The van der Waals surface area contributed by atoms with Crippen LogP contribution < -0.4 is 4.90 Å². The highest BCUT2D eigenvalue weighted by Gasteiger charge is 2.45. The van der Waals surface area contributed by atoms with Crippen molar-refractivity contribution in [3.8, 4) is 0 Å². The van der Waals surface area contributed by atoms with Gasteiger partial charge in [0.2, 0.25) is 0 Å². The van der Waals surface area contributed by atoms with Gasteiger partial charge in [-0.1, -0.05) is 32.0 Å². The Morgan fingerprint density at radius 2 is 1.74 bits per heavy atom. The molecule has 4 nitrogen and oxygen atoms in total. The molecule has 0 spiro atoms. The molecule has 1 aliphatic rings. The van der Waals surface area contributed by atoms with Crippen molar-refractivity contribution in [2.45, 2.75) is 26.3 Å². The van der Waals surface area contributed by atoms with Crippen molar-refractivity contribution in [2.75, 3.05) is 4.90 Å². The Hall–Kier alpha value is -3.02. The Labute approximate surface area is 155 Å². The number of ketones is 1. The molecule has 2 aromatic rings. The number of rotatable bonds is 5. The molecule has 1 atom stereocenters. The normalized spacial score (nSPS) is 17.1. The number of aliphatic hydroxyl groups is 1. The SMILES string of the molecule is CC(C)CC(=O)C1=C(O)C(=O)N(c2ccc(F)cc2)C1c1ccccc1F. The molecule has 0 aromatic heterocycles. The molecule has 2 aromatic carbocycles. The van der Waals surface area contributed by atoms with E-state index in [-0.39, 0.29) is 29.2 Å². The molecule has 0 bridgehead atoms. The second-order valence-corrected chi connectivity index (χ2v) is 6.86. The van der Waals surface area contributed by atoms with Crippen LogP contribution in [0.1, 0.15) is 31.9 Å². The van der Waals surface area contributed by atoms with E-state index in [0.717, 1.165) is 17.0 Å². The molecule has 0 radical (unpaired) electrons. The van der Waals surface area contributed by atoms with Crippen molar-refractivity contribution in [1.29, 1.82) is 0 Å². The summed E-state index contributed by atoms with van der Waals surface area (Å²) in [5.41, 5.74) is 0.211. The van der Waals surface area contributed by atoms with Gasteiger partial charge in [0.1, 0.15) is 11.6 Å². The third kappa shape index (κ3) is 3.47. The molecular weight excluding hydrogens is 352 g/mol. The van der Waals surface area contributed by atoms with E-state index in [1.54, 1.807) is 6.07 Å². The smallest absolute Gasteiger partial charge is 0.294 e. The van der Waals surface area contributed by atoms with Gasteiger partial charge in [-0.25, -0.2) is 8.78 Å². The van der Waals surface area contributed by atoms with Gasteiger partial charge in [0, 0.05) is 17.7 Å². The fourth-order valence-corrected chi connectivity index (χ4v) is 3.23. The molecule has 1 heterocycles. The molecule has 1 N–H and O–H groups in total. The number of carbonyl (C=O) groups is 2. The zero-order valence-corrected chi connectivity index (χ0v) is 14.9. The number of aliphatic hydroxyl groups excluding tert-OH is 1. The average molecular weight is 371 g/mol.